The Bertz CT molecular complexity index is 1550. The fourth-order valence-corrected chi connectivity index (χ4v) is 5.63. The number of esters is 1. The Kier molecular flexibility index (Phi) is 8.20. The van der Waals surface area contributed by atoms with Crippen molar-refractivity contribution in [2.24, 2.45) is 5.92 Å². The maximum absolute atomic E-state index is 14.0. The number of aromatic nitrogens is 4. The molecule has 3 aromatic heterocycles. The van der Waals surface area contributed by atoms with E-state index in [1.807, 2.05) is 86.7 Å². The number of nitrogens with zero attached hydrogens (tertiary/aromatic N) is 5. The number of likely N-dealkylation sites (tertiary alicyclic amines) is 1. The molecule has 0 saturated carbocycles. The number of hydrogen-bond donors (Lipinski definition) is 0. The van der Waals surface area contributed by atoms with Crippen LogP contribution in [0.2, 0.25) is 0 Å². The number of amides is 1. The van der Waals surface area contributed by atoms with Crippen LogP contribution in [0.15, 0.2) is 60.8 Å². The molecule has 1 unspecified atom stereocenters. The third kappa shape index (κ3) is 6.99. The van der Waals surface area contributed by atoms with E-state index in [1.54, 1.807) is 6.20 Å². The fourth-order valence-electron chi connectivity index (χ4n) is 5.63. The minimum Gasteiger partial charge on any atom is -0.460 e. The van der Waals surface area contributed by atoms with Crippen LogP contribution in [0.25, 0.3) is 16.7 Å². The zero-order valence-corrected chi connectivity index (χ0v) is 24.6. The van der Waals surface area contributed by atoms with Crippen molar-refractivity contribution in [2.45, 2.75) is 71.8 Å². The smallest absolute Gasteiger partial charge is 0.307 e. The van der Waals surface area contributed by atoms with Gasteiger partial charge in [-0.15, -0.1) is 0 Å². The van der Waals surface area contributed by atoms with Gasteiger partial charge in [-0.3, -0.25) is 9.59 Å². The quantitative estimate of drug-likeness (QED) is 0.259. The molecule has 0 N–H and O–H groups in total. The van der Waals surface area contributed by atoms with Crippen LogP contribution in [0, 0.1) is 19.8 Å². The van der Waals surface area contributed by atoms with Gasteiger partial charge < -0.3 is 9.64 Å². The standard InChI is InChI=1S/C33H39N5O3/c1-22-18-23(2)38(36-22)28-10-6-8-26(19-28)29(20-30(39)41-33(3,4)5)32(40)37-17-15-24(21-37)11-13-27-14-12-25-9-7-16-34-31(25)35-27/h6-10,12,14,16,18-19,24,29H,11,13,15,17,20-21H2,1-5H3/t24-,29?/m1/s1. The molecule has 0 aliphatic carbocycles. The van der Waals surface area contributed by atoms with Gasteiger partial charge in [0.1, 0.15) is 5.60 Å². The first-order valence-electron chi connectivity index (χ1n) is 14.4. The molecule has 4 aromatic rings. The van der Waals surface area contributed by atoms with Crippen molar-refractivity contribution in [3.05, 3.63) is 83.4 Å². The van der Waals surface area contributed by atoms with Crippen molar-refractivity contribution in [1.82, 2.24) is 24.6 Å². The van der Waals surface area contributed by atoms with Crippen LogP contribution in [-0.2, 0) is 20.7 Å². The second-order valence-corrected chi connectivity index (χ2v) is 12.1. The number of benzene rings is 1. The number of carbonyl (C=O) groups excluding carboxylic acids is 2. The molecular formula is C33H39N5O3. The van der Waals surface area contributed by atoms with Crippen molar-refractivity contribution >= 4 is 22.9 Å². The summed E-state index contributed by atoms with van der Waals surface area (Å²) < 4.78 is 7.51. The molecule has 8 nitrogen and oxygen atoms in total. The number of pyridine rings is 2. The summed E-state index contributed by atoms with van der Waals surface area (Å²) in [7, 11) is 0. The lowest BCUT2D eigenvalue weighted by Gasteiger charge is -2.26. The van der Waals surface area contributed by atoms with Crippen molar-refractivity contribution in [1.29, 1.82) is 0 Å². The van der Waals surface area contributed by atoms with Gasteiger partial charge in [0.05, 0.1) is 23.7 Å². The minimum atomic E-state index is -0.631. The van der Waals surface area contributed by atoms with Crippen LogP contribution in [0.1, 0.15) is 68.6 Å². The first kappa shape index (κ1) is 28.5. The van der Waals surface area contributed by atoms with Gasteiger partial charge in [-0.2, -0.15) is 5.10 Å². The Balaban J connectivity index is 1.31. The molecule has 4 heterocycles. The summed E-state index contributed by atoms with van der Waals surface area (Å²) in [4.78, 5) is 38.0. The summed E-state index contributed by atoms with van der Waals surface area (Å²) in [6, 6.07) is 17.9. The summed E-state index contributed by atoms with van der Waals surface area (Å²) in [5.41, 5.74) is 4.75. The van der Waals surface area contributed by atoms with Gasteiger partial charge in [0.25, 0.3) is 0 Å². The highest BCUT2D eigenvalue weighted by molar-refractivity contribution is 5.88. The van der Waals surface area contributed by atoms with Gasteiger partial charge in [0, 0.05) is 36.1 Å². The van der Waals surface area contributed by atoms with Gasteiger partial charge in [0.2, 0.25) is 5.91 Å². The molecule has 0 bridgehead atoms. The predicted octanol–water partition coefficient (Wildman–Crippen LogP) is 5.73. The van der Waals surface area contributed by atoms with Crippen molar-refractivity contribution in [3.8, 4) is 5.69 Å². The van der Waals surface area contributed by atoms with E-state index in [-0.39, 0.29) is 18.3 Å². The Morgan fingerprint density at radius 2 is 1.90 bits per heavy atom. The molecule has 1 saturated heterocycles. The molecule has 5 rings (SSSR count). The number of ether oxygens (including phenoxy) is 1. The van der Waals surface area contributed by atoms with Crippen molar-refractivity contribution in [3.63, 3.8) is 0 Å². The van der Waals surface area contributed by atoms with E-state index < -0.39 is 11.5 Å². The van der Waals surface area contributed by atoms with Crippen molar-refractivity contribution < 1.29 is 14.3 Å². The number of rotatable bonds is 8. The number of carbonyl (C=O) groups is 2. The van der Waals surface area contributed by atoms with Gasteiger partial charge in [-0.25, -0.2) is 14.6 Å². The molecule has 1 aliphatic heterocycles. The highest BCUT2D eigenvalue weighted by atomic mass is 16.6. The fraction of sp³-hybridized carbons (Fsp3) is 0.424. The first-order chi connectivity index (χ1) is 19.6. The monoisotopic (exact) mass is 553 g/mol. The highest BCUT2D eigenvalue weighted by Gasteiger charge is 2.34. The molecule has 1 aliphatic rings. The lowest BCUT2D eigenvalue weighted by Crippen LogP contribution is -2.35. The molecule has 8 heteroatoms. The second kappa shape index (κ2) is 11.8. The lowest BCUT2D eigenvalue weighted by atomic mass is 9.93. The Labute approximate surface area is 241 Å². The van der Waals surface area contributed by atoms with Gasteiger partial charge in [0.15, 0.2) is 5.65 Å². The van der Waals surface area contributed by atoms with E-state index in [0.717, 1.165) is 58.6 Å². The Morgan fingerprint density at radius 1 is 1.07 bits per heavy atom. The molecular weight excluding hydrogens is 514 g/mol. The molecule has 0 radical (unpaired) electrons. The summed E-state index contributed by atoms with van der Waals surface area (Å²) in [5.74, 6) is -0.659. The summed E-state index contributed by atoms with van der Waals surface area (Å²) in [6.07, 6.45) is 4.47. The Morgan fingerprint density at radius 3 is 2.66 bits per heavy atom. The average Bonchev–Trinajstić information content (AvgIpc) is 3.55. The molecule has 214 valence electrons. The number of hydrogen-bond acceptors (Lipinski definition) is 6. The van der Waals surface area contributed by atoms with E-state index >= 15 is 0 Å². The summed E-state index contributed by atoms with van der Waals surface area (Å²) in [5, 5.41) is 5.64. The highest BCUT2D eigenvalue weighted by Crippen LogP contribution is 2.30. The summed E-state index contributed by atoms with van der Waals surface area (Å²) >= 11 is 0. The number of fused-ring (bicyclic) bond motifs is 1. The van der Waals surface area contributed by atoms with E-state index in [0.29, 0.717) is 19.0 Å². The molecule has 1 fully saturated rings. The van der Waals surface area contributed by atoms with Gasteiger partial charge in [-0.05, 0) is 108 Å². The van der Waals surface area contributed by atoms with Crippen LogP contribution >= 0.6 is 0 Å². The van der Waals surface area contributed by atoms with Gasteiger partial charge >= 0.3 is 5.97 Å². The predicted molar refractivity (Wildman–Crippen MR) is 159 cm³/mol. The normalized spacial score (nSPS) is 16.2. The second-order valence-electron chi connectivity index (χ2n) is 12.1. The largest absolute Gasteiger partial charge is 0.460 e. The molecule has 2 atom stereocenters. The summed E-state index contributed by atoms with van der Waals surface area (Å²) in [6.45, 7) is 10.8. The van der Waals surface area contributed by atoms with E-state index in [9.17, 15) is 9.59 Å². The van der Waals surface area contributed by atoms with Crippen LogP contribution < -0.4 is 0 Å². The zero-order chi connectivity index (χ0) is 29.1. The molecule has 1 aromatic carbocycles. The average molecular weight is 554 g/mol. The van der Waals surface area contributed by atoms with Crippen molar-refractivity contribution in [2.75, 3.05) is 13.1 Å². The van der Waals surface area contributed by atoms with E-state index in [1.165, 1.54) is 0 Å². The van der Waals surface area contributed by atoms with Crippen LogP contribution in [0.5, 0.6) is 0 Å². The van der Waals surface area contributed by atoms with Crippen LogP contribution in [-0.4, -0.2) is 55.2 Å². The maximum atomic E-state index is 14.0. The molecule has 0 spiro atoms. The minimum absolute atomic E-state index is 0.00809. The SMILES string of the molecule is Cc1cc(C)n(-c2cccc(C(CC(=O)OC(C)(C)C)C(=O)N3CC[C@@H](CCc4ccc5cccnc5n4)C3)c2)n1. The number of aryl methyl sites for hydroxylation is 3. The first-order valence-corrected chi connectivity index (χ1v) is 14.4. The van der Waals surface area contributed by atoms with Gasteiger partial charge in [-0.1, -0.05) is 12.1 Å². The molecule has 1 amide bonds. The maximum Gasteiger partial charge on any atom is 0.307 e. The third-order valence-electron chi connectivity index (χ3n) is 7.54. The lowest BCUT2D eigenvalue weighted by molar-refractivity contribution is -0.157. The van der Waals surface area contributed by atoms with Crippen LogP contribution in [0.4, 0.5) is 0 Å². The molecule has 41 heavy (non-hydrogen) atoms. The van der Waals surface area contributed by atoms with E-state index in [2.05, 4.69) is 22.2 Å². The van der Waals surface area contributed by atoms with E-state index in [4.69, 9.17) is 9.72 Å². The Hall–Kier alpha value is -4.07. The third-order valence-corrected chi connectivity index (χ3v) is 7.54. The van der Waals surface area contributed by atoms with Crippen LogP contribution in [0.3, 0.4) is 0 Å². The zero-order valence-electron chi connectivity index (χ0n) is 24.6. The topological polar surface area (TPSA) is 90.2 Å².